The van der Waals surface area contributed by atoms with Crippen molar-refractivity contribution in [2.75, 3.05) is 0 Å². The Bertz CT molecular complexity index is 1290. The van der Waals surface area contributed by atoms with Gasteiger partial charge in [0.15, 0.2) is 46.5 Å². The van der Waals surface area contributed by atoms with Gasteiger partial charge in [-0.2, -0.15) is 0 Å². The van der Waals surface area contributed by atoms with E-state index in [0.29, 0.717) is 23.5 Å². The maximum Gasteiger partial charge on any atom is 0.176 e. The fourth-order valence-corrected chi connectivity index (χ4v) is 5.02. The number of hydrogen-bond donors (Lipinski definition) is 0. The number of rotatable bonds is 5. The lowest BCUT2D eigenvalue weighted by atomic mass is 10.0. The van der Waals surface area contributed by atoms with E-state index in [1.807, 2.05) is 0 Å². The quantitative estimate of drug-likeness (QED) is 0.182. The molecule has 0 aliphatic heterocycles. The molecule has 186 valence electrons. The van der Waals surface area contributed by atoms with Crippen molar-refractivity contribution in [3.63, 3.8) is 0 Å². The number of halogens is 8. The van der Waals surface area contributed by atoms with Crippen molar-refractivity contribution < 1.29 is 35.1 Å². The number of hydrogen-bond acceptors (Lipinski definition) is 2. The molecule has 0 spiro atoms. The van der Waals surface area contributed by atoms with Crippen LogP contribution >= 0.6 is 23.5 Å². The Morgan fingerprint density at radius 1 is 0.389 bits per heavy atom. The van der Waals surface area contributed by atoms with Gasteiger partial charge in [0.05, 0.1) is 20.9 Å². The third kappa shape index (κ3) is 4.71. The lowest BCUT2D eigenvalue weighted by Crippen LogP contribution is -2.08. The van der Waals surface area contributed by atoms with Gasteiger partial charge in [0, 0.05) is 9.79 Å². The highest BCUT2D eigenvalue weighted by Gasteiger charge is 2.34. The summed E-state index contributed by atoms with van der Waals surface area (Å²) in [5.41, 5.74) is -2.16. The highest BCUT2D eigenvalue weighted by Crippen LogP contribution is 2.44. The van der Waals surface area contributed by atoms with E-state index in [-0.39, 0.29) is 9.79 Å². The van der Waals surface area contributed by atoms with Crippen LogP contribution in [0.1, 0.15) is 11.1 Å². The molecule has 0 saturated carbocycles. The first-order valence-electron chi connectivity index (χ1n) is 10.2. The average Bonchev–Trinajstić information content (AvgIpc) is 2.86. The average molecular weight is 543 g/mol. The molecule has 0 aliphatic carbocycles. The zero-order valence-electron chi connectivity index (χ0n) is 18.5. The van der Waals surface area contributed by atoms with Gasteiger partial charge in [0.25, 0.3) is 0 Å². The molecule has 0 saturated heterocycles. The Balaban J connectivity index is 1.85. The van der Waals surface area contributed by atoms with E-state index in [1.165, 1.54) is 24.3 Å². The van der Waals surface area contributed by atoms with Crippen molar-refractivity contribution in [2.24, 2.45) is 0 Å². The molecule has 36 heavy (non-hydrogen) atoms. The Labute approximate surface area is 209 Å². The van der Waals surface area contributed by atoms with E-state index in [0.717, 1.165) is 11.1 Å². The first-order valence-corrected chi connectivity index (χ1v) is 11.9. The van der Waals surface area contributed by atoms with Crippen LogP contribution in [0.5, 0.6) is 0 Å². The molecule has 0 radical (unpaired) electrons. The third-order valence-corrected chi connectivity index (χ3v) is 7.32. The maximum atomic E-state index is 14.9. The molecular weight excluding hydrogens is 528 g/mol. The van der Waals surface area contributed by atoms with Crippen LogP contribution in [-0.4, -0.2) is 0 Å². The topological polar surface area (TPSA) is 0 Å². The standard InChI is InChI=1S/C26H14F8S2/c1-11-3-7-13(8-4-11)35-25-21(31)17(27)15(18(28)22(25)32)16-19(29)23(33)26(24(34)20(16)30)36-14-9-5-12(2)6-10-14/h3-10H,1-2H3. The van der Waals surface area contributed by atoms with Gasteiger partial charge in [-0.25, -0.2) is 35.1 Å². The molecule has 0 N–H and O–H groups in total. The maximum absolute atomic E-state index is 14.9. The first kappa shape index (κ1) is 26.1. The molecule has 0 aliphatic rings. The van der Waals surface area contributed by atoms with Gasteiger partial charge in [0.1, 0.15) is 0 Å². The van der Waals surface area contributed by atoms with Crippen LogP contribution < -0.4 is 0 Å². The van der Waals surface area contributed by atoms with E-state index in [1.54, 1.807) is 38.1 Å². The van der Waals surface area contributed by atoms with Gasteiger partial charge in [-0.05, 0) is 38.1 Å². The summed E-state index contributed by atoms with van der Waals surface area (Å²) < 4.78 is 119. The summed E-state index contributed by atoms with van der Waals surface area (Å²) in [6, 6.07) is 12.1. The van der Waals surface area contributed by atoms with Crippen LogP contribution in [0.3, 0.4) is 0 Å². The summed E-state index contributed by atoms with van der Waals surface area (Å²) in [4.78, 5) is -1.80. The molecule has 0 aromatic heterocycles. The summed E-state index contributed by atoms with van der Waals surface area (Å²) in [5.74, 6) is -16.6. The van der Waals surface area contributed by atoms with Gasteiger partial charge in [-0.3, -0.25) is 0 Å². The largest absolute Gasteiger partial charge is 0.203 e. The minimum absolute atomic E-state index is 0.219. The van der Waals surface area contributed by atoms with Crippen LogP contribution in [0.2, 0.25) is 0 Å². The van der Waals surface area contributed by atoms with E-state index >= 15 is 0 Å². The Morgan fingerprint density at radius 3 is 0.889 bits per heavy atom. The molecule has 10 heteroatoms. The summed E-state index contributed by atoms with van der Waals surface area (Å²) in [6.45, 7) is 3.49. The smallest absolute Gasteiger partial charge is 0.176 e. The Kier molecular flexibility index (Phi) is 7.38. The number of benzene rings is 4. The van der Waals surface area contributed by atoms with Crippen molar-refractivity contribution in [3.05, 3.63) is 106 Å². The zero-order chi connectivity index (χ0) is 26.3. The van der Waals surface area contributed by atoms with Crippen LogP contribution in [0.4, 0.5) is 35.1 Å². The normalized spacial score (nSPS) is 11.3. The molecule has 0 nitrogen and oxygen atoms in total. The Hall–Kier alpha value is -2.98. The second-order valence-electron chi connectivity index (χ2n) is 7.75. The fraction of sp³-hybridized carbons (Fsp3) is 0.0769. The lowest BCUT2D eigenvalue weighted by molar-refractivity contribution is 0.415. The third-order valence-electron chi connectivity index (χ3n) is 5.18. The van der Waals surface area contributed by atoms with Crippen LogP contribution in [-0.2, 0) is 0 Å². The van der Waals surface area contributed by atoms with E-state index < -0.39 is 67.5 Å². The highest BCUT2D eigenvalue weighted by molar-refractivity contribution is 7.99. The predicted octanol–water partition coefficient (Wildman–Crippen LogP) is 9.39. The van der Waals surface area contributed by atoms with E-state index in [4.69, 9.17) is 0 Å². The van der Waals surface area contributed by atoms with E-state index in [9.17, 15) is 35.1 Å². The molecule has 0 atom stereocenters. The molecule has 4 aromatic rings. The van der Waals surface area contributed by atoms with Crippen LogP contribution in [0.25, 0.3) is 11.1 Å². The van der Waals surface area contributed by atoms with Gasteiger partial charge in [0.2, 0.25) is 0 Å². The molecule has 0 heterocycles. The Morgan fingerprint density at radius 2 is 0.639 bits per heavy atom. The minimum Gasteiger partial charge on any atom is -0.203 e. The van der Waals surface area contributed by atoms with Crippen molar-refractivity contribution in [3.8, 4) is 11.1 Å². The molecule has 4 aromatic carbocycles. The number of aryl methyl sites for hydroxylation is 2. The minimum atomic E-state index is -2.20. The predicted molar refractivity (Wildman–Crippen MR) is 122 cm³/mol. The fourth-order valence-electron chi connectivity index (χ4n) is 3.29. The second kappa shape index (κ2) is 10.2. The highest BCUT2D eigenvalue weighted by atomic mass is 32.2. The van der Waals surface area contributed by atoms with Gasteiger partial charge < -0.3 is 0 Å². The zero-order valence-corrected chi connectivity index (χ0v) is 20.1. The molecule has 0 unspecified atom stereocenters. The molecular formula is C26H14F8S2. The summed E-state index contributed by atoms with van der Waals surface area (Å²) >= 11 is 0.664. The molecule has 4 rings (SSSR count). The molecule has 0 bridgehead atoms. The lowest BCUT2D eigenvalue weighted by Gasteiger charge is -2.15. The van der Waals surface area contributed by atoms with Gasteiger partial charge >= 0.3 is 0 Å². The van der Waals surface area contributed by atoms with Crippen LogP contribution in [0.15, 0.2) is 68.1 Å². The van der Waals surface area contributed by atoms with E-state index in [2.05, 4.69) is 0 Å². The van der Waals surface area contributed by atoms with Crippen molar-refractivity contribution in [1.82, 2.24) is 0 Å². The molecule has 0 amide bonds. The first-order chi connectivity index (χ1) is 17.0. The van der Waals surface area contributed by atoms with Gasteiger partial charge in [-0.15, -0.1) is 0 Å². The summed E-state index contributed by atoms with van der Waals surface area (Å²) in [5, 5.41) is 0. The van der Waals surface area contributed by atoms with Crippen molar-refractivity contribution in [2.45, 2.75) is 33.4 Å². The van der Waals surface area contributed by atoms with Crippen molar-refractivity contribution >= 4 is 23.5 Å². The summed E-state index contributed by atoms with van der Waals surface area (Å²) in [6.07, 6.45) is 0. The van der Waals surface area contributed by atoms with Crippen LogP contribution in [0, 0.1) is 60.4 Å². The monoisotopic (exact) mass is 542 g/mol. The molecule has 0 fully saturated rings. The second-order valence-corrected chi connectivity index (χ2v) is 9.92. The summed E-state index contributed by atoms with van der Waals surface area (Å²) in [7, 11) is 0. The SMILES string of the molecule is Cc1ccc(Sc2c(F)c(F)c(-c3c(F)c(F)c(Sc4ccc(C)cc4)c(F)c3F)c(F)c2F)cc1. The van der Waals surface area contributed by atoms with Crippen molar-refractivity contribution in [1.29, 1.82) is 0 Å². The van der Waals surface area contributed by atoms with Gasteiger partial charge in [-0.1, -0.05) is 58.9 Å².